The van der Waals surface area contributed by atoms with E-state index < -0.39 is 0 Å². The summed E-state index contributed by atoms with van der Waals surface area (Å²) in [6, 6.07) is 0.163. The second-order valence-corrected chi connectivity index (χ2v) is 4.13. The molecule has 1 aliphatic heterocycles. The SMILES string of the molecule is CCCCC(N)C1(OC)CCOCC1. The van der Waals surface area contributed by atoms with E-state index >= 15 is 0 Å². The van der Waals surface area contributed by atoms with E-state index in [4.69, 9.17) is 15.2 Å². The van der Waals surface area contributed by atoms with Crippen LogP contribution >= 0.6 is 0 Å². The van der Waals surface area contributed by atoms with Gasteiger partial charge in [-0.2, -0.15) is 0 Å². The van der Waals surface area contributed by atoms with Crippen LogP contribution in [0.25, 0.3) is 0 Å². The molecule has 0 bridgehead atoms. The molecule has 0 aromatic carbocycles. The fraction of sp³-hybridized carbons (Fsp3) is 1.00. The Balaban J connectivity index is 2.48. The van der Waals surface area contributed by atoms with Crippen LogP contribution in [-0.2, 0) is 9.47 Å². The minimum atomic E-state index is -0.118. The Labute approximate surface area is 86.9 Å². The summed E-state index contributed by atoms with van der Waals surface area (Å²) < 4.78 is 11.0. The maximum atomic E-state index is 6.20. The van der Waals surface area contributed by atoms with Crippen LogP contribution in [0.3, 0.4) is 0 Å². The van der Waals surface area contributed by atoms with Gasteiger partial charge in [0.15, 0.2) is 0 Å². The van der Waals surface area contributed by atoms with E-state index in [1.807, 2.05) is 0 Å². The number of methoxy groups -OCH3 is 1. The summed E-state index contributed by atoms with van der Waals surface area (Å²) in [6.45, 7) is 3.76. The number of hydrogen-bond donors (Lipinski definition) is 1. The summed E-state index contributed by atoms with van der Waals surface area (Å²) in [6.07, 6.45) is 5.32. The molecule has 3 nitrogen and oxygen atoms in total. The van der Waals surface area contributed by atoms with E-state index in [1.54, 1.807) is 7.11 Å². The zero-order chi connectivity index (χ0) is 10.4. The van der Waals surface area contributed by atoms with Gasteiger partial charge in [-0.1, -0.05) is 19.8 Å². The minimum Gasteiger partial charge on any atom is -0.381 e. The summed E-state index contributed by atoms with van der Waals surface area (Å²) >= 11 is 0. The number of hydrogen-bond acceptors (Lipinski definition) is 3. The Bertz CT molecular complexity index is 155. The van der Waals surface area contributed by atoms with Crippen LogP contribution in [0.5, 0.6) is 0 Å². The van der Waals surface area contributed by atoms with Crippen molar-refractivity contribution in [3.8, 4) is 0 Å². The lowest BCUT2D eigenvalue weighted by molar-refractivity contribution is -0.105. The molecule has 0 saturated carbocycles. The molecule has 0 amide bonds. The standard InChI is InChI=1S/C11H23NO2/c1-3-4-5-10(12)11(13-2)6-8-14-9-7-11/h10H,3-9,12H2,1-2H3. The molecule has 3 heteroatoms. The second kappa shape index (κ2) is 5.69. The van der Waals surface area contributed by atoms with Gasteiger partial charge in [0.1, 0.15) is 0 Å². The largest absolute Gasteiger partial charge is 0.381 e. The number of ether oxygens (including phenoxy) is 2. The van der Waals surface area contributed by atoms with Crippen LogP contribution < -0.4 is 5.73 Å². The Morgan fingerprint density at radius 2 is 2.07 bits per heavy atom. The Hall–Kier alpha value is -0.120. The number of nitrogens with two attached hydrogens (primary N) is 1. The van der Waals surface area contributed by atoms with Crippen LogP contribution in [-0.4, -0.2) is 32.0 Å². The van der Waals surface area contributed by atoms with Gasteiger partial charge in [-0.15, -0.1) is 0 Å². The van der Waals surface area contributed by atoms with Crippen molar-refractivity contribution in [2.45, 2.75) is 50.7 Å². The molecule has 1 saturated heterocycles. The predicted octanol–water partition coefficient (Wildman–Crippen LogP) is 1.70. The topological polar surface area (TPSA) is 44.5 Å². The molecule has 14 heavy (non-hydrogen) atoms. The molecule has 1 rings (SSSR count). The lowest BCUT2D eigenvalue weighted by Crippen LogP contribution is -2.52. The van der Waals surface area contributed by atoms with E-state index in [1.165, 1.54) is 12.8 Å². The van der Waals surface area contributed by atoms with E-state index in [0.717, 1.165) is 32.5 Å². The van der Waals surface area contributed by atoms with E-state index in [2.05, 4.69) is 6.92 Å². The fourth-order valence-electron chi connectivity index (χ4n) is 2.13. The van der Waals surface area contributed by atoms with E-state index in [0.29, 0.717) is 0 Å². The first-order valence-electron chi connectivity index (χ1n) is 5.63. The van der Waals surface area contributed by atoms with Crippen molar-refractivity contribution in [1.29, 1.82) is 0 Å². The highest BCUT2D eigenvalue weighted by Gasteiger charge is 2.37. The Morgan fingerprint density at radius 3 is 2.57 bits per heavy atom. The van der Waals surface area contributed by atoms with Gasteiger partial charge in [0.05, 0.1) is 5.60 Å². The molecule has 0 aromatic heterocycles. The van der Waals surface area contributed by atoms with Gasteiger partial charge in [-0.3, -0.25) is 0 Å². The average molecular weight is 201 g/mol. The van der Waals surface area contributed by atoms with Crippen molar-refractivity contribution in [3.05, 3.63) is 0 Å². The molecule has 0 aromatic rings. The zero-order valence-corrected chi connectivity index (χ0v) is 9.42. The summed E-state index contributed by atoms with van der Waals surface area (Å²) in [5.41, 5.74) is 6.08. The monoisotopic (exact) mass is 201 g/mol. The number of rotatable bonds is 5. The Morgan fingerprint density at radius 1 is 1.43 bits per heavy atom. The van der Waals surface area contributed by atoms with Gasteiger partial charge in [-0.05, 0) is 6.42 Å². The van der Waals surface area contributed by atoms with Crippen molar-refractivity contribution in [2.24, 2.45) is 5.73 Å². The number of unbranched alkanes of at least 4 members (excludes halogenated alkanes) is 1. The summed E-state index contributed by atoms with van der Waals surface area (Å²) in [5.74, 6) is 0. The molecule has 1 fully saturated rings. The molecule has 2 N–H and O–H groups in total. The Kier molecular flexibility index (Phi) is 4.85. The molecule has 1 unspecified atom stereocenters. The lowest BCUT2D eigenvalue weighted by atomic mass is 9.84. The van der Waals surface area contributed by atoms with Crippen molar-refractivity contribution in [3.63, 3.8) is 0 Å². The third-order valence-electron chi connectivity index (χ3n) is 3.29. The highest BCUT2D eigenvalue weighted by Crippen LogP contribution is 2.29. The van der Waals surface area contributed by atoms with Crippen LogP contribution in [0.1, 0.15) is 39.0 Å². The van der Waals surface area contributed by atoms with Crippen LogP contribution in [0.2, 0.25) is 0 Å². The summed E-state index contributed by atoms with van der Waals surface area (Å²) in [4.78, 5) is 0. The van der Waals surface area contributed by atoms with E-state index in [-0.39, 0.29) is 11.6 Å². The van der Waals surface area contributed by atoms with Gasteiger partial charge >= 0.3 is 0 Å². The highest BCUT2D eigenvalue weighted by atomic mass is 16.5. The average Bonchev–Trinajstić information content (AvgIpc) is 2.26. The van der Waals surface area contributed by atoms with Crippen molar-refractivity contribution in [2.75, 3.05) is 20.3 Å². The smallest absolute Gasteiger partial charge is 0.0872 e. The summed E-state index contributed by atoms with van der Waals surface area (Å²) in [5, 5.41) is 0. The highest BCUT2D eigenvalue weighted by molar-refractivity contribution is 4.92. The maximum absolute atomic E-state index is 6.20. The molecule has 1 heterocycles. The van der Waals surface area contributed by atoms with Crippen LogP contribution in [0.4, 0.5) is 0 Å². The lowest BCUT2D eigenvalue weighted by Gasteiger charge is -2.40. The zero-order valence-electron chi connectivity index (χ0n) is 9.42. The van der Waals surface area contributed by atoms with Crippen molar-refractivity contribution >= 4 is 0 Å². The van der Waals surface area contributed by atoms with Crippen molar-refractivity contribution < 1.29 is 9.47 Å². The fourth-order valence-corrected chi connectivity index (χ4v) is 2.13. The third kappa shape index (κ3) is 2.69. The molecular weight excluding hydrogens is 178 g/mol. The van der Waals surface area contributed by atoms with Gasteiger partial charge in [0, 0.05) is 39.2 Å². The van der Waals surface area contributed by atoms with Crippen molar-refractivity contribution in [1.82, 2.24) is 0 Å². The first-order valence-corrected chi connectivity index (χ1v) is 5.63. The third-order valence-corrected chi connectivity index (χ3v) is 3.29. The van der Waals surface area contributed by atoms with E-state index in [9.17, 15) is 0 Å². The molecule has 1 aliphatic rings. The molecule has 0 radical (unpaired) electrons. The minimum absolute atomic E-state index is 0.118. The van der Waals surface area contributed by atoms with Gasteiger partial charge in [0.25, 0.3) is 0 Å². The quantitative estimate of drug-likeness (QED) is 0.736. The second-order valence-electron chi connectivity index (χ2n) is 4.13. The van der Waals surface area contributed by atoms with Crippen LogP contribution in [0.15, 0.2) is 0 Å². The van der Waals surface area contributed by atoms with Crippen LogP contribution in [0, 0.1) is 0 Å². The normalized spacial score (nSPS) is 23.4. The first kappa shape index (κ1) is 12.0. The molecule has 0 spiro atoms. The molecular formula is C11H23NO2. The predicted molar refractivity (Wildman–Crippen MR) is 57.3 cm³/mol. The van der Waals surface area contributed by atoms with Gasteiger partial charge in [-0.25, -0.2) is 0 Å². The van der Waals surface area contributed by atoms with Gasteiger partial charge < -0.3 is 15.2 Å². The molecule has 0 aliphatic carbocycles. The molecule has 84 valence electrons. The van der Waals surface area contributed by atoms with Gasteiger partial charge in [0.2, 0.25) is 0 Å². The first-order chi connectivity index (χ1) is 6.75. The summed E-state index contributed by atoms with van der Waals surface area (Å²) in [7, 11) is 1.77. The molecule has 1 atom stereocenters. The maximum Gasteiger partial charge on any atom is 0.0872 e.